The van der Waals surface area contributed by atoms with E-state index in [1.165, 1.54) is 28.4 Å². The molecule has 0 N–H and O–H groups in total. The number of anilines is 1. The third-order valence-electron chi connectivity index (χ3n) is 3.77. The summed E-state index contributed by atoms with van der Waals surface area (Å²) in [5.74, 6) is -0.557. The molecule has 1 aromatic carbocycles. The lowest BCUT2D eigenvalue weighted by Gasteiger charge is -2.18. The Kier molecular flexibility index (Phi) is 4.21. The van der Waals surface area contributed by atoms with Crippen molar-refractivity contribution in [1.82, 2.24) is 19.9 Å². The fraction of sp³-hybridized carbons (Fsp3) is 0.176. The molecule has 3 heterocycles. The topological polar surface area (TPSA) is 77.0 Å². The molecule has 0 aliphatic heterocycles. The molecule has 4 aromatic rings. The van der Waals surface area contributed by atoms with Gasteiger partial charge in [-0.05, 0) is 31.2 Å². The second-order valence-electron chi connectivity index (χ2n) is 5.67. The van der Waals surface area contributed by atoms with Gasteiger partial charge in [-0.3, -0.25) is 14.4 Å². The van der Waals surface area contributed by atoms with Crippen LogP contribution in [0.15, 0.2) is 47.2 Å². The Morgan fingerprint density at radius 3 is 3.00 bits per heavy atom. The standard InChI is InChI=1S/C17H14FN5O2S/c1-11-9-14(25-21-11)16(24)23(8-7-22-6-2-5-19-22)17-20-13-4-3-12(18)10-15(13)26-17/h2-6,9-10H,7-8H2,1H3. The number of hydrogen-bond acceptors (Lipinski definition) is 6. The van der Waals surface area contributed by atoms with E-state index in [1.807, 2.05) is 12.3 Å². The summed E-state index contributed by atoms with van der Waals surface area (Å²) in [6, 6.07) is 7.74. The van der Waals surface area contributed by atoms with E-state index >= 15 is 0 Å². The number of carbonyl (C=O) groups is 1. The molecule has 9 heteroatoms. The molecule has 0 atom stereocenters. The molecule has 0 fully saturated rings. The van der Waals surface area contributed by atoms with Gasteiger partial charge in [0.2, 0.25) is 5.76 Å². The van der Waals surface area contributed by atoms with Crippen LogP contribution in [-0.4, -0.2) is 32.4 Å². The third kappa shape index (κ3) is 3.21. The van der Waals surface area contributed by atoms with Gasteiger partial charge in [-0.2, -0.15) is 5.10 Å². The lowest BCUT2D eigenvalue weighted by Crippen LogP contribution is -2.33. The number of carbonyl (C=O) groups excluding carboxylic acids is 1. The number of rotatable bonds is 5. The Morgan fingerprint density at radius 1 is 1.38 bits per heavy atom. The highest BCUT2D eigenvalue weighted by Crippen LogP contribution is 2.30. The monoisotopic (exact) mass is 371 g/mol. The number of amides is 1. The van der Waals surface area contributed by atoms with Crippen LogP contribution in [0.5, 0.6) is 0 Å². The van der Waals surface area contributed by atoms with Crippen LogP contribution in [-0.2, 0) is 6.54 Å². The molecule has 0 saturated heterocycles. The summed E-state index contributed by atoms with van der Waals surface area (Å²) < 4.78 is 21.0. The maximum absolute atomic E-state index is 13.5. The van der Waals surface area contributed by atoms with Gasteiger partial charge in [0.15, 0.2) is 5.13 Å². The minimum atomic E-state index is -0.350. The third-order valence-corrected chi connectivity index (χ3v) is 4.81. The average Bonchev–Trinajstić information content (AvgIpc) is 3.35. The highest BCUT2D eigenvalue weighted by Gasteiger charge is 2.24. The van der Waals surface area contributed by atoms with Gasteiger partial charge in [0.05, 0.1) is 22.5 Å². The van der Waals surface area contributed by atoms with Crippen molar-refractivity contribution in [2.75, 3.05) is 11.4 Å². The first-order valence-electron chi connectivity index (χ1n) is 7.89. The molecule has 0 radical (unpaired) electrons. The molecule has 3 aromatic heterocycles. The highest BCUT2D eigenvalue weighted by molar-refractivity contribution is 7.22. The largest absolute Gasteiger partial charge is 0.351 e. The predicted molar refractivity (Wildman–Crippen MR) is 94.7 cm³/mol. The number of aryl methyl sites for hydroxylation is 1. The number of hydrogen-bond donors (Lipinski definition) is 0. The first kappa shape index (κ1) is 16.4. The first-order valence-corrected chi connectivity index (χ1v) is 8.70. The van der Waals surface area contributed by atoms with Crippen LogP contribution in [0.2, 0.25) is 0 Å². The van der Waals surface area contributed by atoms with Crippen LogP contribution in [0.4, 0.5) is 9.52 Å². The van der Waals surface area contributed by atoms with Gasteiger partial charge >= 0.3 is 0 Å². The molecule has 1 amide bonds. The molecule has 0 aliphatic carbocycles. The number of halogens is 1. The molecule has 7 nitrogen and oxygen atoms in total. The lowest BCUT2D eigenvalue weighted by molar-refractivity contribution is 0.0950. The molecular weight excluding hydrogens is 357 g/mol. The molecule has 0 saturated carbocycles. The number of fused-ring (bicyclic) bond motifs is 1. The number of thiazole rings is 1. The lowest BCUT2D eigenvalue weighted by atomic mass is 10.3. The van der Waals surface area contributed by atoms with Gasteiger partial charge in [0.25, 0.3) is 5.91 Å². The van der Waals surface area contributed by atoms with Crippen molar-refractivity contribution in [3.05, 3.63) is 60.0 Å². The van der Waals surface area contributed by atoms with Crippen molar-refractivity contribution in [2.24, 2.45) is 0 Å². The van der Waals surface area contributed by atoms with Gasteiger partial charge in [-0.15, -0.1) is 0 Å². The maximum atomic E-state index is 13.5. The van der Waals surface area contributed by atoms with Crippen molar-refractivity contribution >= 4 is 32.6 Å². The van der Waals surface area contributed by atoms with Crippen LogP contribution in [0.25, 0.3) is 10.2 Å². The Morgan fingerprint density at radius 2 is 2.27 bits per heavy atom. The zero-order valence-electron chi connectivity index (χ0n) is 13.8. The van der Waals surface area contributed by atoms with Crippen molar-refractivity contribution in [3.8, 4) is 0 Å². The van der Waals surface area contributed by atoms with Crippen molar-refractivity contribution in [1.29, 1.82) is 0 Å². The number of benzene rings is 1. The second-order valence-corrected chi connectivity index (χ2v) is 6.68. The molecule has 0 aliphatic rings. The molecule has 26 heavy (non-hydrogen) atoms. The minimum Gasteiger partial charge on any atom is -0.351 e. The van der Waals surface area contributed by atoms with E-state index in [4.69, 9.17) is 4.52 Å². The fourth-order valence-electron chi connectivity index (χ4n) is 2.52. The first-order chi connectivity index (χ1) is 12.6. The van der Waals surface area contributed by atoms with Crippen molar-refractivity contribution < 1.29 is 13.7 Å². The van der Waals surface area contributed by atoms with E-state index in [0.29, 0.717) is 34.1 Å². The van der Waals surface area contributed by atoms with E-state index in [-0.39, 0.29) is 17.5 Å². The number of aromatic nitrogens is 4. The normalized spacial score (nSPS) is 11.2. The Bertz CT molecular complexity index is 1060. The van der Waals surface area contributed by atoms with Gasteiger partial charge in [0.1, 0.15) is 5.82 Å². The quantitative estimate of drug-likeness (QED) is 0.538. The Labute approximate surface area is 151 Å². The SMILES string of the molecule is Cc1cc(C(=O)N(CCn2cccn2)c2nc3ccc(F)cc3s2)on1. The minimum absolute atomic E-state index is 0.133. The molecule has 0 bridgehead atoms. The van der Waals surface area contributed by atoms with Crippen LogP contribution >= 0.6 is 11.3 Å². The summed E-state index contributed by atoms with van der Waals surface area (Å²) in [5, 5.41) is 8.39. The highest BCUT2D eigenvalue weighted by atomic mass is 32.1. The number of nitrogens with zero attached hydrogens (tertiary/aromatic N) is 5. The van der Waals surface area contributed by atoms with Crippen LogP contribution in [0, 0.1) is 12.7 Å². The zero-order chi connectivity index (χ0) is 18.1. The maximum Gasteiger partial charge on any atom is 0.298 e. The molecule has 132 valence electrons. The predicted octanol–water partition coefficient (Wildman–Crippen LogP) is 3.28. The summed E-state index contributed by atoms with van der Waals surface area (Å²) in [5.41, 5.74) is 1.25. The van der Waals surface area contributed by atoms with Gasteiger partial charge in [-0.1, -0.05) is 16.5 Å². The van der Waals surface area contributed by atoms with Gasteiger partial charge in [-0.25, -0.2) is 9.37 Å². The van der Waals surface area contributed by atoms with E-state index in [2.05, 4.69) is 15.2 Å². The van der Waals surface area contributed by atoms with E-state index in [0.717, 1.165) is 0 Å². The Balaban J connectivity index is 1.69. The van der Waals surface area contributed by atoms with Gasteiger partial charge < -0.3 is 4.52 Å². The zero-order valence-corrected chi connectivity index (χ0v) is 14.6. The summed E-state index contributed by atoms with van der Waals surface area (Å²) in [6.45, 7) is 2.56. The second kappa shape index (κ2) is 6.68. The molecular formula is C17H14FN5O2S. The van der Waals surface area contributed by atoms with E-state index in [1.54, 1.807) is 29.9 Å². The summed E-state index contributed by atoms with van der Waals surface area (Å²) >= 11 is 1.25. The smallest absolute Gasteiger partial charge is 0.298 e. The summed E-state index contributed by atoms with van der Waals surface area (Å²) in [4.78, 5) is 18.9. The van der Waals surface area contributed by atoms with E-state index < -0.39 is 0 Å². The Hall–Kier alpha value is -3.07. The van der Waals surface area contributed by atoms with Crippen molar-refractivity contribution in [2.45, 2.75) is 13.5 Å². The van der Waals surface area contributed by atoms with E-state index in [9.17, 15) is 9.18 Å². The molecule has 0 spiro atoms. The van der Waals surface area contributed by atoms with Crippen molar-refractivity contribution in [3.63, 3.8) is 0 Å². The average molecular weight is 371 g/mol. The van der Waals surface area contributed by atoms with Crippen LogP contribution < -0.4 is 4.90 Å². The van der Waals surface area contributed by atoms with Crippen LogP contribution in [0.3, 0.4) is 0 Å². The van der Waals surface area contributed by atoms with Gasteiger partial charge in [0, 0.05) is 25.0 Å². The molecule has 4 rings (SSSR count). The molecule has 0 unspecified atom stereocenters. The van der Waals surface area contributed by atoms with Crippen LogP contribution in [0.1, 0.15) is 16.2 Å². The summed E-state index contributed by atoms with van der Waals surface area (Å²) in [6.07, 6.45) is 3.49. The summed E-state index contributed by atoms with van der Waals surface area (Å²) in [7, 11) is 0. The fourth-order valence-corrected chi connectivity index (χ4v) is 3.53.